The second-order valence-electron chi connectivity index (χ2n) is 7.05. The Bertz CT molecular complexity index is 818. The van der Waals surface area contributed by atoms with Crippen molar-refractivity contribution >= 4 is 5.91 Å². The van der Waals surface area contributed by atoms with Crippen LogP contribution >= 0.6 is 0 Å². The number of morpholine rings is 1. The van der Waals surface area contributed by atoms with Gasteiger partial charge < -0.3 is 15.0 Å². The summed E-state index contributed by atoms with van der Waals surface area (Å²) in [5.74, 6) is -0.692. The SMILES string of the molecule is O=C(Cc1cccc(C(F)(F)F)c1)NC[C@@H](c1ccc(F)cc1)[NH+]1CCOCC1. The summed E-state index contributed by atoms with van der Waals surface area (Å²) in [6, 6.07) is 10.8. The highest BCUT2D eigenvalue weighted by atomic mass is 19.4. The van der Waals surface area contributed by atoms with Gasteiger partial charge in [0.05, 0.1) is 31.7 Å². The predicted octanol–water partition coefficient (Wildman–Crippen LogP) is 2.16. The van der Waals surface area contributed by atoms with Crippen LogP contribution in [0.25, 0.3) is 0 Å². The first-order chi connectivity index (χ1) is 13.8. The van der Waals surface area contributed by atoms with Crippen molar-refractivity contribution in [1.29, 1.82) is 0 Å². The fourth-order valence-electron chi connectivity index (χ4n) is 3.50. The molecule has 2 aromatic rings. The van der Waals surface area contributed by atoms with E-state index in [1.165, 1.54) is 29.2 Å². The summed E-state index contributed by atoms with van der Waals surface area (Å²) in [7, 11) is 0. The molecule has 29 heavy (non-hydrogen) atoms. The number of alkyl halides is 3. The molecule has 0 unspecified atom stereocenters. The van der Waals surface area contributed by atoms with Crippen LogP contribution in [0.2, 0.25) is 0 Å². The minimum Gasteiger partial charge on any atom is -0.370 e. The van der Waals surface area contributed by atoms with E-state index in [1.807, 2.05) is 0 Å². The van der Waals surface area contributed by atoms with E-state index in [4.69, 9.17) is 4.74 Å². The summed E-state index contributed by atoms with van der Waals surface area (Å²) in [5, 5.41) is 2.82. The molecule has 0 saturated carbocycles. The number of quaternary nitrogens is 1. The summed E-state index contributed by atoms with van der Waals surface area (Å²) < 4.78 is 57.2. The topological polar surface area (TPSA) is 42.8 Å². The van der Waals surface area contributed by atoms with Crippen molar-refractivity contribution in [3.05, 3.63) is 71.0 Å². The lowest BCUT2D eigenvalue weighted by molar-refractivity contribution is -0.937. The number of hydrogen-bond donors (Lipinski definition) is 2. The van der Waals surface area contributed by atoms with Gasteiger partial charge in [-0.15, -0.1) is 0 Å². The molecule has 1 fully saturated rings. The van der Waals surface area contributed by atoms with Crippen LogP contribution in [0, 0.1) is 5.82 Å². The molecule has 1 amide bonds. The number of halogens is 4. The van der Waals surface area contributed by atoms with E-state index in [1.54, 1.807) is 12.1 Å². The van der Waals surface area contributed by atoms with Crippen molar-refractivity contribution in [2.75, 3.05) is 32.8 Å². The van der Waals surface area contributed by atoms with Crippen molar-refractivity contribution < 1.29 is 32.0 Å². The fourth-order valence-corrected chi connectivity index (χ4v) is 3.50. The van der Waals surface area contributed by atoms with E-state index >= 15 is 0 Å². The number of nitrogens with one attached hydrogen (secondary N) is 2. The van der Waals surface area contributed by atoms with Crippen LogP contribution in [0.3, 0.4) is 0 Å². The summed E-state index contributed by atoms with van der Waals surface area (Å²) in [6.45, 7) is 3.02. The number of amides is 1. The quantitative estimate of drug-likeness (QED) is 0.716. The Morgan fingerprint density at radius 3 is 2.45 bits per heavy atom. The van der Waals surface area contributed by atoms with Crippen molar-refractivity contribution in [2.24, 2.45) is 0 Å². The molecule has 1 saturated heterocycles. The predicted molar refractivity (Wildman–Crippen MR) is 98.8 cm³/mol. The first-order valence-corrected chi connectivity index (χ1v) is 9.43. The van der Waals surface area contributed by atoms with Gasteiger partial charge in [0.2, 0.25) is 5.91 Å². The summed E-state index contributed by atoms with van der Waals surface area (Å²) in [4.78, 5) is 13.6. The molecule has 1 heterocycles. The molecule has 0 aromatic heterocycles. The van der Waals surface area contributed by atoms with Gasteiger partial charge in [0.1, 0.15) is 24.9 Å². The standard InChI is InChI=1S/C21H22F4N2O2/c22-18-6-4-16(5-7-18)19(27-8-10-29-11-9-27)14-26-20(28)13-15-2-1-3-17(12-15)21(23,24)25/h1-7,12,19H,8-11,13-14H2,(H,26,28)/p+1/t19-/m0/s1. The Morgan fingerprint density at radius 2 is 1.79 bits per heavy atom. The van der Waals surface area contributed by atoms with Crippen molar-refractivity contribution in [3.8, 4) is 0 Å². The minimum atomic E-state index is -4.44. The maximum absolute atomic E-state index is 13.3. The summed E-state index contributed by atoms with van der Waals surface area (Å²) >= 11 is 0. The molecule has 156 valence electrons. The molecule has 4 nitrogen and oxygen atoms in total. The Labute approximate surface area is 166 Å². The van der Waals surface area contributed by atoms with Crippen LogP contribution < -0.4 is 10.2 Å². The van der Waals surface area contributed by atoms with Gasteiger partial charge in [-0.25, -0.2) is 4.39 Å². The number of hydrogen-bond acceptors (Lipinski definition) is 2. The highest BCUT2D eigenvalue weighted by Crippen LogP contribution is 2.29. The minimum absolute atomic E-state index is 0.0926. The molecule has 1 atom stereocenters. The molecule has 0 radical (unpaired) electrons. The lowest BCUT2D eigenvalue weighted by Crippen LogP contribution is -3.15. The number of ether oxygens (including phenoxy) is 1. The molecule has 3 rings (SSSR count). The highest BCUT2D eigenvalue weighted by molar-refractivity contribution is 5.78. The Hall–Kier alpha value is -2.45. The van der Waals surface area contributed by atoms with Crippen molar-refractivity contribution in [3.63, 3.8) is 0 Å². The zero-order valence-electron chi connectivity index (χ0n) is 15.8. The average molecular weight is 411 g/mol. The maximum Gasteiger partial charge on any atom is 0.416 e. The van der Waals surface area contributed by atoms with Gasteiger partial charge in [0, 0.05) is 5.56 Å². The first-order valence-electron chi connectivity index (χ1n) is 9.43. The monoisotopic (exact) mass is 411 g/mol. The second kappa shape index (κ2) is 9.37. The third-order valence-corrected chi connectivity index (χ3v) is 5.02. The summed E-state index contributed by atoms with van der Waals surface area (Å²) in [5.41, 5.74) is 0.418. The second-order valence-corrected chi connectivity index (χ2v) is 7.05. The molecule has 1 aliphatic rings. The molecule has 0 aliphatic carbocycles. The lowest BCUT2D eigenvalue weighted by atomic mass is 10.0. The Kier molecular flexibility index (Phi) is 6.87. The Balaban J connectivity index is 1.65. The van der Waals surface area contributed by atoms with E-state index in [9.17, 15) is 22.4 Å². The van der Waals surface area contributed by atoms with Gasteiger partial charge in [-0.05, 0) is 23.8 Å². The summed E-state index contributed by atoms with van der Waals surface area (Å²) in [6.07, 6.45) is -4.58. The molecule has 1 aliphatic heterocycles. The van der Waals surface area contributed by atoms with E-state index in [2.05, 4.69) is 5.32 Å². The molecule has 8 heteroatoms. The lowest BCUT2D eigenvalue weighted by Gasteiger charge is -2.32. The molecule has 2 N–H and O–H groups in total. The molecule has 2 aromatic carbocycles. The van der Waals surface area contributed by atoms with Crippen LogP contribution in [-0.2, 0) is 22.1 Å². The van der Waals surface area contributed by atoms with Gasteiger partial charge in [-0.1, -0.05) is 30.3 Å². The van der Waals surface area contributed by atoms with E-state index in [0.29, 0.717) is 25.3 Å². The number of carbonyl (C=O) groups is 1. The molecular formula is C21H23F4N2O2+. The van der Waals surface area contributed by atoms with Crippen LogP contribution in [-0.4, -0.2) is 38.8 Å². The van der Waals surface area contributed by atoms with Crippen LogP contribution in [0.1, 0.15) is 22.7 Å². The largest absolute Gasteiger partial charge is 0.416 e. The average Bonchev–Trinajstić information content (AvgIpc) is 2.70. The van der Waals surface area contributed by atoms with Crippen molar-refractivity contribution in [2.45, 2.75) is 18.6 Å². The first kappa shape index (κ1) is 21.3. The van der Waals surface area contributed by atoms with E-state index in [0.717, 1.165) is 30.8 Å². The fraction of sp³-hybridized carbons (Fsp3) is 0.381. The zero-order chi connectivity index (χ0) is 20.9. The zero-order valence-corrected chi connectivity index (χ0v) is 15.8. The van der Waals surface area contributed by atoms with Gasteiger partial charge >= 0.3 is 6.18 Å². The Morgan fingerprint density at radius 1 is 1.10 bits per heavy atom. The van der Waals surface area contributed by atoms with Crippen LogP contribution in [0.15, 0.2) is 48.5 Å². The van der Waals surface area contributed by atoms with Gasteiger partial charge in [-0.3, -0.25) is 4.79 Å². The molecular weight excluding hydrogens is 388 g/mol. The van der Waals surface area contributed by atoms with Crippen LogP contribution in [0.4, 0.5) is 17.6 Å². The third kappa shape index (κ3) is 6.01. The van der Waals surface area contributed by atoms with Gasteiger partial charge in [-0.2, -0.15) is 13.2 Å². The van der Waals surface area contributed by atoms with Gasteiger partial charge in [0.15, 0.2) is 0 Å². The molecule has 0 bridgehead atoms. The number of rotatable bonds is 6. The smallest absolute Gasteiger partial charge is 0.370 e. The van der Waals surface area contributed by atoms with E-state index in [-0.39, 0.29) is 24.2 Å². The maximum atomic E-state index is 13.3. The van der Waals surface area contributed by atoms with Crippen LogP contribution in [0.5, 0.6) is 0 Å². The van der Waals surface area contributed by atoms with Gasteiger partial charge in [0.25, 0.3) is 0 Å². The van der Waals surface area contributed by atoms with Crippen molar-refractivity contribution in [1.82, 2.24) is 5.32 Å². The highest BCUT2D eigenvalue weighted by Gasteiger charge is 2.30. The number of carbonyl (C=O) groups excluding carboxylic acids is 1. The number of benzene rings is 2. The van der Waals surface area contributed by atoms with E-state index < -0.39 is 11.7 Å². The molecule has 0 spiro atoms. The third-order valence-electron chi connectivity index (χ3n) is 5.02. The normalized spacial score (nSPS) is 16.4.